The Morgan fingerprint density at radius 3 is 2.41 bits per heavy atom. The van der Waals surface area contributed by atoms with Crippen LogP contribution in [0.1, 0.15) is 53.7 Å². The number of primary amides is 1. The van der Waals surface area contributed by atoms with Crippen molar-refractivity contribution in [1.29, 1.82) is 0 Å². The highest BCUT2D eigenvalue weighted by Gasteiger charge is 2.24. The van der Waals surface area contributed by atoms with E-state index in [4.69, 9.17) is 17.3 Å². The number of hydrogen-bond acceptors (Lipinski definition) is 6. The number of phenols is 1. The van der Waals surface area contributed by atoms with Crippen LogP contribution in [0.5, 0.6) is 5.75 Å². The van der Waals surface area contributed by atoms with Gasteiger partial charge in [-0.25, -0.2) is 8.42 Å². The summed E-state index contributed by atoms with van der Waals surface area (Å²) in [7, 11) is -3.59. The second-order valence-electron chi connectivity index (χ2n) is 10.5. The Kier molecular flexibility index (Phi) is 9.66. The second-order valence-corrected chi connectivity index (χ2v) is 12.7. The molecule has 0 heterocycles. The van der Waals surface area contributed by atoms with Gasteiger partial charge in [-0.15, -0.1) is 0 Å². The fourth-order valence-corrected chi connectivity index (χ4v) is 5.40. The number of aliphatic hydroxyl groups is 1. The number of anilines is 1. The minimum Gasteiger partial charge on any atom is -0.506 e. The molecular formula is C29H36ClN3O5S. The Morgan fingerprint density at radius 1 is 1.08 bits per heavy atom. The lowest BCUT2D eigenvalue weighted by Gasteiger charge is -2.29. The van der Waals surface area contributed by atoms with Crippen LogP contribution in [-0.4, -0.2) is 42.9 Å². The minimum atomic E-state index is -3.59. The molecular weight excluding hydrogens is 538 g/mol. The van der Waals surface area contributed by atoms with E-state index >= 15 is 0 Å². The molecule has 0 aliphatic carbocycles. The number of nitrogens with one attached hydrogen (secondary N) is 2. The number of benzene rings is 3. The Bertz CT molecular complexity index is 1420. The van der Waals surface area contributed by atoms with Crippen LogP contribution in [-0.2, 0) is 27.7 Å². The molecule has 0 bridgehead atoms. The van der Waals surface area contributed by atoms with Gasteiger partial charge in [-0.1, -0.05) is 54.1 Å². The number of aromatic hydroxyl groups is 1. The number of nitrogens with two attached hydrogens (primary N) is 1. The Morgan fingerprint density at radius 2 is 1.77 bits per heavy atom. The van der Waals surface area contributed by atoms with Crippen molar-refractivity contribution in [2.45, 2.75) is 51.2 Å². The largest absolute Gasteiger partial charge is 0.506 e. The maximum absolute atomic E-state index is 12.4. The molecule has 0 aliphatic heterocycles. The van der Waals surface area contributed by atoms with Crippen LogP contribution in [0.3, 0.4) is 0 Å². The number of aliphatic hydroxyl groups excluding tert-OH is 1. The molecule has 3 rings (SSSR count). The van der Waals surface area contributed by atoms with E-state index in [0.717, 1.165) is 28.5 Å². The van der Waals surface area contributed by atoms with E-state index in [-0.39, 0.29) is 18.0 Å². The van der Waals surface area contributed by atoms with Crippen LogP contribution in [0.25, 0.3) is 0 Å². The van der Waals surface area contributed by atoms with E-state index in [2.05, 4.69) is 10.0 Å². The summed E-state index contributed by atoms with van der Waals surface area (Å²) in [5.41, 5.74) is 9.52. The molecule has 0 radical (unpaired) electrons. The van der Waals surface area contributed by atoms with Crippen molar-refractivity contribution in [3.63, 3.8) is 0 Å². The van der Waals surface area contributed by atoms with Crippen molar-refractivity contribution in [1.82, 2.24) is 5.32 Å². The van der Waals surface area contributed by atoms with E-state index in [1.54, 1.807) is 0 Å². The molecule has 39 heavy (non-hydrogen) atoms. The van der Waals surface area contributed by atoms with E-state index in [0.29, 0.717) is 23.4 Å². The maximum atomic E-state index is 12.4. The molecule has 0 saturated carbocycles. The molecule has 2 atom stereocenters. The lowest BCUT2D eigenvalue weighted by atomic mass is 9.87. The average molecular weight is 574 g/mol. The third-order valence-electron chi connectivity index (χ3n) is 6.58. The predicted molar refractivity (Wildman–Crippen MR) is 156 cm³/mol. The first kappa shape index (κ1) is 30.4. The van der Waals surface area contributed by atoms with Gasteiger partial charge in [0, 0.05) is 17.1 Å². The highest BCUT2D eigenvalue weighted by molar-refractivity contribution is 7.92. The summed E-state index contributed by atoms with van der Waals surface area (Å²) in [5.74, 6) is -1.19. The zero-order valence-corrected chi connectivity index (χ0v) is 24.1. The highest BCUT2D eigenvalue weighted by Crippen LogP contribution is 2.30. The highest BCUT2D eigenvalue weighted by atomic mass is 35.5. The number of aryl methyl sites for hydroxylation is 1. The summed E-state index contributed by atoms with van der Waals surface area (Å²) >= 11 is 6.41. The number of halogens is 1. The van der Waals surface area contributed by atoms with Crippen LogP contribution in [0.2, 0.25) is 5.02 Å². The molecule has 0 aliphatic rings. The first-order valence-electron chi connectivity index (χ1n) is 12.5. The van der Waals surface area contributed by atoms with Crippen molar-refractivity contribution < 1.29 is 23.4 Å². The summed E-state index contributed by atoms with van der Waals surface area (Å²) in [4.78, 5) is 12.4. The molecule has 0 saturated heterocycles. The molecule has 1 unspecified atom stereocenters. The van der Waals surface area contributed by atoms with Crippen molar-refractivity contribution in [3.05, 3.63) is 93.5 Å². The van der Waals surface area contributed by atoms with Gasteiger partial charge in [0.15, 0.2) is 0 Å². The van der Waals surface area contributed by atoms with Gasteiger partial charge in [-0.3, -0.25) is 9.52 Å². The molecule has 10 heteroatoms. The van der Waals surface area contributed by atoms with Gasteiger partial charge in [0.05, 0.1) is 24.0 Å². The van der Waals surface area contributed by atoms with Gasteiger partial charge < -0.3 is 21.3 Å². The third-order valence-corrected chi connectivity index (χ3v) is 7.52. The van der Waals surface area contributed by atoms with Gasteiger partial charge in [0.2, 0.25) is 15.9 Å². The Balaban J connectivity index is 1.71. The zero-order valence-electron chi connectivity index (χ0n) is 22.5. The molecule has 0 aromatic heterocycles. The third kappa shape index (κ3) is 8.69. The van der Waals surface area contributed by atoms with E-state index in [1.807, 2.05) is 63.2 Å². The molecule has 210 valence electrons. The lowest BCUT2D eigenvalue weighted by molar-refractivity contribution is -0.119. The lowest BCUT2D eigenvalue weighted by Crippen LogP contribution is -2.43. The van der Waals surface area contributed by atoms with Crippen molar-refractivity contribution in [2.75, 3.05) is 17.5 Å². The fourth-order valence-electron chi connectivity index (χ4n) is 4.54. The monoisotopic (exact) mass is 573 g/mol. The molecule has 8 nitrogen and oxygen atoms in total. The van der Waals surface area contributed by atoms with E-state index in [1.165, 1.54) is 18.2 Å². The second kappa shape index (κ2) is 12.4. The SMILES string of the molecule is Cc1cccc(Cl)c1CC(C(N)=O)c1cccc(CC(C)(C)NC[C@H](O)c2ccc(O)c(NS(C)(=O)=O)c2)c1. The molecule has 3 aromatic carbocycles. The number of carbonyl (C=O) groups is 1. The van der Waals surface area contributed by atoms with Crippen molar-refractivity contribution >= 4 is 33.2 Å². The standard InChI is InChI=1S/C29H36ClN3O5S/c1-18-7-5-10-24(30)22(18)15-23(28(31)36)20-9-6-8-19(13-20)16-29(2,3)32-17-27(35)21-11-12-26(34)25(14-21)33-39(4,37)38/h5-14,23,27,32-35H,15-17H2,1-4H3,(H2,31,36)/t23?,27-/m0/s1. The fraction of sp³-hybridized carbons (Fsp3) is 0.345. The van der Waals surface area contributed by atoms with E-state index in [9.17, 15) is 23.4 Å². The van der Waals surface area contributed by atoms with Crippen molar-refractivity contribution in [2.24, 2.45) is 5.73 Å². The first-order valence-corrected chi connectivity index (χ1v) is 14.8. The normalized spacial score (nSPS) is 13.6. The minimum absolute atomic E-state index is 0.00103. The summed E-state index contributed by atoms with van der Waals surface area (Å²) in [6.45, 7) is 6.14. The molecule has 1 amide bonds. The number of β-amino-alcohol motifs (C(OH)–C–C–N with tert-alkyl or cyclic N) is 1. The van der Waals surface area contributed by atoms with Crippen LogP contribution in [0.4, 0.5) is 5.69 Å². The maximum Gasteiger partial charge on any atom is 0.229 e. The quantitative estimate of drug-likeness (QED) is 0.206. The van der Waals surface area contributed by atoms with Gasteiger partial charge in [0.25, 0.3) is 0 Å². The number of amides is 1. The zero-order chi connectivity index (χ0) is 29.0. The Labute approximate surface area is 235 Å². The number of rotatable bonds is 12. The summed E-state index contributed by atoms with van der Waals surface area (Å²) < 4.78 is 25.4. The topological polar surface area (TPSA) is 142 Å². The summed E-state index contributed by atoms with van der Waals surface area (Å²) in [5, 5.41) is 24.7. The smallest absolute Gasteiger partial charge is 0.229 e. The number of phenolic OH excluding ortho intramolecular Hbond substituents is 1. The number of sulfonamides is 1. The van der Waals surface area contributed by atoms with Crippen LogP contribution >= 0.6 is 11.6 Å². The van der Waals surface area contributed by atoms with E-state index < -0.39 is 33.5 Å². The number of hydrogen-bond donors (Lipinski definition) is 5. The molecule has 6 N–H and O–H groups in total. The predicted octanol–water partition coefficient (Wildman–Crippen LogP) is 4.18. The molecule has 0 spiro atoms. The first-order chi connectivity index (χ1) is 18.1. The molecule has 3 aromatic rings. The van der Waals surface area contributed by atoms with Gasteiger partial charge in [-0.2, -0.15) is 0 Å². The summed E-state index contributed by atoms with van der Waals surface area (Å²) in [6, 6.07) is 17.7. The number of carbonyl (C=O) groups excluding carboxylic acids is 1. The van der Waals surface area contributed by atoms with Gasteiger partial charge in [-0.05, 0) is 79.6 Å². The van der Waals surface area contributed by atoms with Gasteiger partial charge in [0.1, 0.15) is 5.75 Å². The molecule has 0 fully saturated rings. The van der Waals surface area contributed by atoms with Crippen LogP contribution < -0.4 is 15.8 Å². The van der Waals surface area contributed by atoms with Gasteiger partial charge >= 0.3 is 0 Å². The van der Waals surface area contributed by atoms with Crippen LogP contribution in [0, 0.1) is 6.92 Å². The Hall–Kier alpha value is -3.11. The van der Waals surface area contributed by atoms with Crippen molar-refractivity contribution in [3.8, 4) is 5.75 Å². The average Bonchev–Trinajstić information content (AvgIpc) is 2.82. The van der Waals surface area contributed by atoms with Crippen LogP contribution in [0.15, 0.2) is 60.7 Å². The summed E-state index contributed by atoms with van der Waals surface area (Å²) in [6.07, 6.45) is 1.04.